The summed E-state index contributed by atoms with van der Waals surface area (Å²) in [7, 11) is 0. The predicted molar refractivity (Wildman–Crippen MR) is 137 cm³/mol. The van der Waals surface area contributed by atoms with Crippen LogP contribution in [0.2, 0.25) is 0 Å². The zero-order chi connectivity index (χ0) is 22.6. The van der Waals surface area contributed by atoms with Crippen molar-refractivity contribution in [3.63, 3.8) is 0 Å². The van der Waals surface area contributed by atoms with Crippen LogP contribution in [-0.2, 0) is 0 Å². The van der Waals surface area contributed by atoms with Crippen molar-refractivity contribution in [2.24, 2.45) is 10.9 Å². The van der Waals surface area contributed by atoms with Gasteiger partial charge in [0.15, 0.2) is 5.84 Å². The molecule has 0 saturated heterocycles. The number of amidine groups is 1. The standard InChI is InChI=1S/C27H54N4.ClH/c1-4-7-9-11-13-15-17-19-21-23-26-29-30(25-6-3)27(31(26)28)24-22-20-18-16-14-12-10-8-5-2;/h6,27H,3-5,7-25,28H2,1-2H3;1H. The van der Waals surface area contributed by atoms with Gasteiger partial charge in [-0.25, -0.2) is 10.9 Å². The topological polar surface area (TPSA) is 46.1 Å². The maximum atomic E-state index is 6.51. The average molecular weight is 471 g/mol. The fourth-order valence-corrected chi connectivity index (χ4v) is 4.70. The number of quaternary nitrogens is 1. The summed E-state index contributed by atoms with van der Waals surface area (Å²) in [6, 6.07) is 0. The van der Waals surface area contributed by atoms with E-state index in [1.165, 1.54) is 121 Å². The van der Waals surface area contributed by atoms with E-state index in [9.17, 15) is 0 Å². The monoisotopic (exact) mass is 470 g/mol. The largest absolute Gasteiger partial charge is 1.00 e. The lowest BCUT2D eigenvalue weighted by Gasteiger charge is -2.23. The third-order valence-electron chi connectivity index (χ3n) is 6.73. The third-order valence-corrected chi connectivity index (χ3v) is 6.73. The molecular weight excluding hydrogens is 416 g/mol. The van der Waals surface area contributed by atoms with Crippen molar-refractivity contribution >= 4 is 5.84 Å². The molecule has 32 heavy (non-hydrogen) atoms. The van der Waals surface area contributed by atoms with Crippen LogP contribution < -0.4 is 23.3 Å². The van der Waals surface area contributed by atoms with Crippen LogP contribution in [0.5, 0.6) is 0 Å². The summed E-state index contributed by atoms with van der Waals surface area (Å²) in [5.74, 6) is 7.62. The van der Waals surface area contributed by atoms with Crippen LogP contribution in [0.15, 0.2) is 17.8 Å². The van der Waals surface area contributed by atoms with E-state index in [0.29, 0.717) is 6.17 Å². The van der Waals surface area contributed by atoms with E-state index >= 15 is 0 Å². The highest BCUT2D eigenvalue weighted by atomic mass is 35.5. The molecule has 0 radical (unpaired) electrons. The second-order valence-electron chi connectivity index (χ2n) is 9.63. The van der Waals surface area contributed by atoms with Crippen LogP contribution in [0.25, 0.3) is 0 Å². The Labute approximate surface area is 206 Å². The van der Waals surface area contributed by atoms with Gasteiger partial charge in [0, 0.05) is 12.8 Å². The van der Waals surface area contributed by atoms with Crippen molar-refractivity contribution in [2.75, 3.05) is 6.54 Å². The second-order valence-corrected chi connectivity index (χ2v) is 9.63. The van der Waals surface area contributed by atoms with Crippen LogP contribution in [0.4, 0.5) is 0 Å². The number of nitrogens with two attached hydrogens (primary N) is 1. The third kappa shape index (κ3) is 14.5. The maximum absolute atomic E-state index is 6.51. The highest BCUT2D eigenvalue weighted by Gasteiger charge is 2.35. The fraction of sp³-hybridized carbons (Fsp3) is 0.889. The smallest absolute Gasteiger partial charge is 0.202 e. The highest BCUT2D eigenvalue weighted by Crippen LogP contribution is 2.15. The van der Waals surface area contributed by atoms with E-state index in [2.05, 4.69) is 20.4 Å². The lowest BCUT2D eigenvalue weighted by Crippen LogP contribution is -3.11. The molecule has 1 aliphatic heterocycles. The van der Waals surface area contributed by atoms with Crippen LogP contribution in [0, 0.1) is 0 Å². The molecule has 2 unspecified atom stereocenters. The first-order valence-electron chi connectivity index (χ1n) is 13.8. The normalized spacial score (nSPS) is 18.0. The molecule has 0 aromatic rings. The van der Waals surface area contributed by atoms with Crippen LogP contribution in [-0.4, -0.2) is 23.6 Å². The maximum Gasteiger partial charge on any atom is 0.202 e. The minimum atomic E-state index is 0. The molecule has 1 rings (SSSR count). The second kappa shape index (κ2) is 22.2. The number of nitrogens with one attached hydrogen (secondary N) is 1. The van der Waals surface area contributed by atoms with Crippen LogP contribution in [0.1, 0.15) is 142 Å². The van der Waals surface area contributed by atoms with Gasteiger partial charge in [-0.2, -0.15) is 5.01 Å². The average Bonchev–Trinajstić information content (AvgIpc) is 3.06. The molecule has 0 fully saturated rings. The Balaban J connectivity index is 0.00000961. The predicted octanol–water partition coefficient (Wildman–Crippen LogP) is 3.73. The Morgan fingerprint density at radius 3 is 1.69 bits per heavy atom. The van der Waals surface area contributed by atoms with Gasteiger partial charge >= 0.3 is 0 Å². The van der Waals surface area contributed by atoms with E-state index in [1.807, 2.05) is 11.1 Å². The molecule has 0 aromatic heterocycles. The van der Waals surface area contributed by atoms with Crippen molar-refractivity contribution in [3.8, 4) is 0 Å². The molecule has 5 heteroatoms. The molecule has 0 spiro atoms. The lowest BCUT2D eigenvalue weighted by molar-refractivity contribution is -0.929. The Morgan fingerprint density at radius 2 is 1.22 bits per heavy atom. The van der Waals surface area contributed by atoms with Crippen LogP contribution >= 0.6 is 0 Å². The van der Waals surface area contributed by atoms with Gasteiger partial charge in [0.05, 0.1) is 0 Å². The summed E-state index contributed by atoms with van der Waals surface area (Å²) >= 11 is 0. The van der Waals surface area contributed by atoms with Gasteiger partial charge in [0.25, 0.3) is 0 Å². The summed E-state index contributed by atoms with van der Waals surface area (Å²) in [5, 5.41) is 8.16. The lowest BCUT2D eigenvalue weighted by atomic mass is 10.1. The molecule has 0 aliphatic carbocycles. The van der Waals surface area contributed by atoms with Gasteiger partial charge in [-0.15, -0.1) is 0 Å². The minimum absolute atomic E-state index is 0. The number of halogens is 1. The number of hydrogen-bond donors (Lipinski definition) is 2. The van der Waals surface area contributed by atoms with Gasteiger partial charge in [-0.1, -0.05) is 128 Å². The van der Waals surface area contributed by atoms with Gasteiger partial charge in [-0.3, -0.25) is 0 Å². The molecule has 0 saturated carbocycles. The summed E-state index contributed by atoms with van der Waals surface area (Å²) in [6.45, 7) is 9.37. The molecule has 0 bridgehead atoms. The number of hydrazine groups is 1. The molecular formula is C27H55ClN4. The molecule has 0 amide bonds. The van der Waals surface area contributed by atoms with Crippen molar-refractivity contribution in [3.05, 3.63) is 12.7 Å². The first kappa shape index (κ1) is 31.4. The Kier molecular flexibility index (Phi) is 21.8. The van der Waals surface area contributed by atoms with Crippen molar-refractivity contribution < 1.29 is 17.4 Å². The minimum Gasteiger partial charge on any atom is -1.00 e. The van der Waals surface area contributed by atoms with Gasteiger partial charge in [0.2, 0.25) is 6.17 Å². The van der Waals surface area contributed by atoms with E-state index < -0.39 is 0 Å². The molecule has 4 nitrogen and oxygen atoms in total. The first-order chi connectivity index (χ1) is 15.2. The van der Waals surface area contributed by atoms with Crippen molar-refractivity contribution in [1.29, 1.82) is 0 Å². The zero-order valence-electron chi connectivity index (χ0n) is 21.6. The Bertz CT molecular complexity index is 455. The highest BCUT2D eigenvalue weighted by molar-refractivity contribution is 5.82. The molecule has 2 atom stereocenters. The summed E-state index contributed by atoms with van der Waals surface area (Å²) in [4.78, 5) is 0. The Hall–Kier alpha value is -0.580. The summed E-state index contributed by atoms with van der Waals surface area (Å²) in [5.41, 5.74) is 0. The zero-order valence-corrected chi connectivity index (χ0v) is 22.3. The Morgan fingerprint density at radius 1 is 0.781 bits per heavy atom. The summed E-state index contributed by atoms with van der Waals surface area (Å²) < 4.78 is 0. The molecule has 1 aliphatic rings. The van der Waals surface area contributed by atoms with Crippen LogP contribution in [0.3, 0.4) is 0 Å². The van der Waals surface area contributed by atoms with Gasteiger partial charge < -0.3 is 12.4 Å². The first-order valence-corrected chi connectivity index (χ1v) is 13.8. The molecule has 0 aromatic carbocycles. The van der Waals surface area contributed by atoms with E-state index in [0.717, 1.165) is 25.2 Å². The molecule has 3 N–H and O–H groups in total. The van der Waals surface area contributed by atoms with Gasteiger partial charge in [0.1, 0.15) is 6.54 Å². The van der Waals surface area contributed by atoms with Crippen molar-refractivity contribution in [2.45, 2.75) is 148 Å². The van der Waals surface area contributed by atoms with E-state index in [4.69, 9.17) is 10.9 Å². The molecule has 1 heterocycles. The van der Waals surface area contributed by atoms with E-state index in [1.54, 1.807) is 0 Å². The van der Waals surface area contributed by atoms with E-state index in [-0.39, 0.29) is 12.4 Å². The fourth-order valence-electron chi connectivity index (χ4n) is 4.70. The quantitative estimate of drug-likeness (QED) is 0.144. The van der Waals surface area contributed by atoms with Gasteiger partial charge in [-0.05, 0) is 18.9 Å². The number of unbranched alkanes of at least 4 members (excludes halogenated alkanes) is 16. The number of hydrogen-bond acceptors (Lipinski definition) is 3. The summed E-state index contributed by atoms with van der Waals surface area (Å²) in [6.07, 6.45) is 29.0. The molecule has 190 valence electrons. The van der Waals surface area contributed by atoms with Crippen molar-refractivity contribution in [1.82, 2.24) is 5.01 Å². The number of rotatable bonds is 22. The number of nitrogens with zero attached hydrogens (tertiary/aromatic N) is 2. The SMILES string of the molecule is C=CC[NH+]1N=C(CCCCCCCCCCC)N(N)C1CCCCCCCCCCC.[Cl-].